The largest absolute Gasteiger partial charge is 0.468 e. The molecule has 0 saturated heterocycles. The average molecular weight is 289 g/mol. The summed E-state index contributed by atoms with van der Waals surface area (Å²) in [5, 5.41) is 13.2. The molecular formula is C14H27NO3S. The SMILES string of the molecule is COC(=O)C1(NC(C)C)CCCC(SC(C)CO)C1. The van der Waals surface area contributed by atoms with E-state index in [-0.39, 0.29) is 23.9 Å². The van der Waals surface area contributed by atoms with E-state index >= 15 is 0 Å². The van der Waals surface area contributed by atoms with Crippen molar-refractivity contribution in [1.29, 1.82) is 0 Å². The lowest BCUT2D eigenvalue weighted by atomic mass is 9.81. The molecule has 1 rings (SSSR count). The van der Waals surface area contributed by atoms with E-state index in [0.717, 1.165) is 25.7 Å². The summed E-state index contributed by atoms with van der Waals surface area (Å²) in [4.78, 5) is 12.2. The standard InChI is InChI=1S/C14H27NO3S/c1-10(2)15-14(13(17)18-4)7-5-6-12(8-14)19-11(3)9-16/h10-12,15-16H,5-9H2,1-4H3. The number of carbonyl (C=O) groups is 1. The van der Waals surface area contributed by atoms with Gasteiger partial charge in [0.1, 0.15) is 5.54 Å². The number of hydrogen-bond donors (Lipinski definition) is 2. The van der Waals surface area contributed by atoms with E-state index in [1.807, 2.05) is 6.92 Å². The monoisotopic (exact) mass is 289 g/mol. The van der Waals surface area contributed by atoms with E-state index in [0.29, 0.717) is 5.25 Å². The number of aliphatic hydroxyl groups is 1. The number of ether oxygens (including phenoxy) is 1. The molecule has 0 aromatic heterocycles. The van der Waals surface area contributed by atoms with Crippen molar-refractivity contribution >= 4 is 17.7 Å². The zero-order chi connectivity index (χ0) is 14.5. The topological polar surface area (TPSA) is 58.6 Å². The van der Waals surface area contributed by atoms with Gasteiger partial charge >= 0.3 is 5.97 Å². The zero-order valence-electron chi connectivity index (χ0n) is 12.4. The Balaban J connectivity index is 2.76. The molecule has 5 heteroatoms. The zero-order valence-corrected chi connectivity index (χ0v) is 13.3. The van der Waals surface area contributed by atoms with E-state index in [2.05, 4.69) is 19.2 Å². The van der Waals surface area contributed by atoms with Crippen molar-refractivity contribution in [1.82, 2.24) is 5.32 Å². The Morgan fingerprint density at radius 2 is 2.21 bits per heavy atom. The summed E-state index contributed by atoms with van der Waals surface area (Å²) in [6.45, 7) is 6.31. The van der Waals surface area contributed by atoms with Crippen LogP contribution in [0, 0.1) is 0 Å². The fourth-order valence-corrected chi connectivity index (χ4v) is 4.26. The molecule has 3 atom stereocenters. The number of carbonyl (C=O) groups excluding carboxylic acids is 1. The van der Waals surface area contributed by atoms with Crippen LogP contribution in [0.15, 0.2) is 0 Å². The Morgan fingerprint density at radius 1 is 1.53 bits per heavy atom. The van der Waals surface area contributed by atoms with Crippen LogP contribution in [0.4, 0.5) is 0 Å². The first-order chi connectivity index (χ1) is 8.93. The highest BCUT2D eigenvalue weighted by Gasteiger charge is 2.44. The third-order valence-electron chi connectivity index (χ3n) is 3.53. The molecule has 0 aromatic carbocycles. The molecule has 2 N–H and O–H groups in total. The highest BCUT2D eigenvalue weighted by Crippen LogP contribution is 2.37. The molecule has 0 bridgehead atoms. The van der Waals surface area contributed by atoms with E-state index in [4.69, 9.17) is 9.84 Å². The van der Waals surface area contributed by atoms with Gasteiger partial charge in [-0.3, -0.25) is 10.1 Å². The van der Waals surface area contributed by atoms with E-state index < -0.39 is 5.54 Å². The maximum Gasteiger partial charge on any atom is 0.326 e. The average Bonchev–Trinajstić information content (AvgIpc) is 2.37. The summed E-state index contributed by atoms with van der Waals surface area (Å²) in [7, 11) is 1.46. The smallest absolute Gasteiger partial charge is 0.326 e. The Hall–Kier alpha value is -0.260. The predicted molar refractivity (Wildman–Crippen MR) is 79.4 cm³/mol. The van der Waals surface area contributed by atoms with Crippen LogP contribution >= 0.6 is 11.8 Å². The van der Waals surface area contributed by atoms with Crippen molar-refractivity contribution < 1.29 is 14.6 Å². The number of thioether (sulfide) groups is 1. The fourth-order valence-electron chi connectivity index (χ4n) is 2.84. The molecular weight excluding hydrogens is 262 g/mol. The Morgan fingerprint density at radius 3 is 2.74 bits per heavy atom. The van der Waals surface area contributed by atoms with Gasteiger partial charge < -0.3 is 9.84 Å². The van der Waals surface area contributed by atoms with Crippen molar-refractivity contribution in [2.24, 2.45) is 0 Å². The molecule has 1 aliphatic carbocycles. The van der Waals surface area contributed by atoms with Gasteiger partial charge in [0.25, 0.3) is 0 Å². The van der Waals surface area contributed by atoms with Crippen molar-refractivity contribution in [2.75, 3.05) is 13.7 Å². The van der Waals surface area contributed by atoms with E-state index in [9.17, 15) is 4.79 Å². The second kappa shape index (κ2) is 7.50. The molecule has 4 nitrogen and oxygen atoms in total. The summed E-state index contributed by atoms with van der Waals surface area (Å²) in [5.41, 5.74) is -0.548. The van der Waals surface area contributed by atoms with E-state index in [1.54, 1.807) is 11.8 Å². The summed E-state index contributed by atoms with van der Waals surface area (Å²) in [6, 6.07) is 0.248. The highest BCUT2D eigenvalue weighted by molar-refractivity contribution is 8.00. The minimum Gasteiger partial charge on any atom is -0.468 e. The van der Waals surface area contributed by atoms with Crippen LogP contribution in [0.25, 0.3) is 0 Å². The quantitative estimate of drug-likeness (QED) is 0.732. The summed E-state index contributed by atoms with van der Waals surface area (Å²) < 4.78 is 5.01. The molecule has 0 amide bonds. The number of rotatable bonds is 6. The molecule has 0 aliphatic heterocycles. The van der Waals surface area contributed by atoms with Crippen LogP contribution in [0.2, 0.25) is 0 Å². The molecule has 1 saturated carbocycles. The molecule has 0 radical (unpaired) electrons. The maximum absolute atomic E-state index is 12.2. The van der Waals surface area contributed by atoms with Gasteiger partial charge in [0, 0.05) is 16.5 Å². The minimum absolute atomic E-state index is 0.150. The van der Waals surface area contributed by atoms with Gasteiger partial charge in [-0.05, 0) is 39.5 Å². The highest BCUT2D eigenvalue weighted by atomic mass is 32.2. The van der Waals surface area contributed by atoms with Crippen LogP contribution in [0.5, 0.6) is 0 Å². The second-order valence-corrected chi connectivity index (χ2v) is 7.46. The van der Waals surface area contributed by atoms with Gasteiger partial charge in [0.05, 0.1) is 13.7 Å². The Bertz CT molecular complexity index is 298. The first-order valence-corrected chi connectivity index (χ1v) is 8.00. The minimum atomic E-state index is -0.548. The van der Waals surface area contributed by atoms with Gasteiger partial charge in [-0.2, -0.15) is 11.8 Å². The van der Waals surface area contributed by atoms with Crippen molar-refractivity contribution in [3.63, 3.8) is 0 Å². The van der Waals surface area contributed by atoms with Crippen molar-refractivity contribution in [3.05, 3.63) is 0 Å². The maximum atomic E-state index is 12.2. The molecule has 1 aliphatic rings. The lowest BCUT2D eigenvalue weighted by molar-refractivity contribution is -0.150. The molecule has 112 valence electrons. The summed E-state index contributed by atoms with van der Waals surface area (Å²) in [6.07, 6.45) is 3.74. The van der Waals surface area contributed by atoms with Crippen LogP contribution in [-0.4, -0.2) is 46.9 Å². The normalized spacial score (nSPS) is 29.3. The molecule has 19 heavy (non-hydrogen) atoms. The molecule has 0 heterocycles. The van der Waals surface area contributed by atoms with Gasteiger partial charge in [0.15, 0.2) is 0 Å². The molecule has 0 aromatic rings. The van der Waals surface area contributed by atoms with Crippen molar-refractivity contribution in [2.45, 2.75) is 68.5 Å². The van der Waals surface area contributed by atoms with Crippen LogP contribution in [-0.2, 0) is 9.53 Å². The Kier molecular flexibility index (Phi) is 6.63. The van der Waals surface area contributed by atoms with Crippen LogP contribution in [0.3, 0.4) is 0 Å². The first kappa shape index (κ1) is 16.8. The Labute approximate surface area is 120 Å². The molecule has 1 fully saturated rings. The van der Waals surface area contributed by atoms with Gasteiger partial charge in [-0.25, -0.2) is 0 Å². The third-order valence-corrected chi connectivity index (χ3v) is 4.93. The van der Waals surface area contributed by atoms with Crippen LogP contribution < -0.4 is 5.32 Å². The number of nitrogens with one attached hydrogen (secondary N) is 1. The second-order valence-electron chi connectivity index (χ2n) is 5.72. The predicted octanol–water partition coefficient (Wildman–Crippen LogP) is 1.95. The number of hydrogen-bond acceptors (Lipinski definition) is 5. The van der Waals surface area contributed by atoms with Gasteiger partial charge in [-0.1, -0.05) is 6.92 Å². The first-order valence-electron chi connectivity index (χ1n) is 7.06. The molecule has 0 spiro atoms. The number of methoxy groups -OCH3 is 1. The summed E-state index contributed by atoms with van der Waals surface area (Å²) in [5.74, 6) is -0.150. The fraction of sp³-hybridized carbons (Fsp3) is 0.929. The number of esters is 1. The number of aliphatic hydroxyl groups excluding tert-OH is 1. The van der Waals surface area contributed by atoms with Gasteiger partial charge in [-0.15, -0.1) is 0 Å². The third kappa shape index (κ3) is 4.65. The van der Waals surface area contributed by atoms with Crippen LogP contribution in [0.1, 0.15) is 46.5 Å². The van der Waals surface area contributed by atoms with E-state index in [1.165, 1.54) is 7.11 Å². The molecule has 3 unspecified atom stereocenters. The van der Waals surface area contributed by atoms with Crippen molar-refractivity contribution in [3.8, 4) is 0 Å². The lowest BCUT2D eigenvalue weighted by Crippen LogP contribution is -2.58. The lowest BCUT2D eigenvalue weighted by Gasteiger charge is -2.40. The summed E-state index contributed by atoms with van der Waals surface area (Å²) >= 11 is 1.78. The van der Waals surface area contributed by atoms with Gasteiger partial charge in [0.2, 0.25) is 0 Å².